The molecule has 1 aromatic heterocycles. The van der Waals surface area contributed by atoms with Crippen LogP contribution in [0.25, 0.3) is 0 Å². The van der Waals surface area contributed by atoms with E-state index in [4.69, 9.17) is 4.74 Å². The molecule has 1 heterocycles. The van der Waals surface area contributed by atoms with Crippen LogP contribution in [0.3, 0.4) is 0 Å². The smallest absolute Gasteiger partial charge is 0.247 e. The van der Waals surface area contributed by atoms with E-state index in [1.807, 2.05) is 19.1 Å². The number of halogens is 1. The van der Waals surface area contributed by atoms with Gasteiger partial charge in [0.1, 0.15) is 11.9 Å². The summed E-state index contributed by atoms with van der Waals surface area (Å²) in [6.45, 7) is 2.35. The number of carbonyl (C=O) groups excluding carboxylic acids is 3. The highest BCUT2D eigenvalue weighted by atomic mass is 32.1. The lowest BCUT2D eigenvalue weighted by Gasteiger charge is -2.32. The van der Waals surface area contributed by atoms with E-state index in [0.717, 1.165) is 5.56 Å². The maximum absolute atomic E-state index is 13.7. The van der Waals surface area contributed by atoms with Crippen molar-refractivity contribution in [2.75, 3.05) is 30.5 Å². The number of hydrogen-bond acceptors (Lipinski definition) is 6. The van der Waals surface area contributed by atoms with Gasteiger partial charge in [-0.3, -0.25) is 19.3 Å². The molecule has 184 valence electrons. The van der Waals surface area contributed by atoms with Crippen LogP contribution in [0.2, 0.25) is 0 Å². The molecule has 0 aliphatic rings. The van der Waals surface area contributed by atoms with Crippen molar-refractivity contribution < 1.29 is 23.5 Å². The van der Waals surface area contributed by atoms with Crippen molar-refractivity contribution in [3.8, 4) is 0 Å². The van der Waals surface area contributed by atoms with Crippen LogP contribution in [0.4, 0.5) is 15.2 Å². The zero-order chi connectivity index (χ0) is 25.2. The van der Waals surface area contributed by atoms with Crippen LogP contribution < -0.4 is 15.5 Å². The second-order valence-electron chi connectivity index (χ2n) is 7.67. The van der Waals surface area contributed by atoms with Gasteiger partial charge < -0.3 is 15.4 Å². The second kappa shape index (κ2) is 12.7. The molecule has 3 amide bonds. The summed E-state index contributed by atoms with van der Waals surface area (Å²) in [5.41, 5.74) is 1.73. The van der Waals surface area contributed by atoms with Crippen molar-refractivity contribution in [2.45, 2.75) is 25.8 Å². The van der Waals surface area contributed by atoms with E-state index in [9.17, 15) is 18.8 Å². The molecule has 35 heavy (non-hydrogen) atoms. The molecule has 0 aliphatic heterocycles. The van der Waals surface area contributed by atoms with Crippen LogP contribution in [0.1, 0.15) is 30.0 Å². The van der Waals surface area contributed by atoms with E-state index in [1.54, 1.807) is 23.7 Å². The molecule has 2 aromatic carbocycles. The third-order valence-corrected chi connectivity index (χ3v) is 5.87. The quantitative estimate of drug-likeness (QED) is 0.391. The Morgan fingerprint density at radius 1 is 1.11 bits per heavy atom. The number of aryl methyl sites for hydroxylation is 1. The van der Waals surface area contributed by atoms with Crippen LogP contribution in [0.15, 0.2) is 60.1 Å². The zero-order valence-corrected chi connectivity index (χ0v) is 20.3. The van der Waals surface area contributed by atoms with E-state index in [-0.39, 0.29) is 31.9 Å². The molecule has 2 N–H and O–H groups in total. The topological polar surface area (TPSA) is 101 Å². The first-order chi connectivity index (χ1) is 16.9. The standard InChI is InChI=1S/C25H27FN4O4S/c1-17-5-3-4-6-20(17)30(22(32)12-11-21(31)29-25-28-14-16-35-25)23(24(33)27-13-15-34-2)18-7-9-19(26)10-8-18/h3-10,14,16,23H,11-13,15H2,1-2H3,(H,27,33)(H,28,29,31). The molecule has 3 aromatic rings. The predicted octanol–water partition coefficient (Wildman–Crippen LogP) is 3.85. The van der Waals surface area contributed by atoms with Crippen LogP contribution in [0, 0.1) is 12.7 Å². The highest BCUT2D eigenvalue weighted by molar-refractivity contribution is 7.13. The van der Waals surface area contributed by atoms with Gasteiger partial charge in [0.25, 0.3) is 0 Å². The molecule has 8 nitrogen and oxygen atoms in total. The van der Waals surface area contributed by atoms with Crippen molar-refractivity contribution in [2.24, 2.45) is 0 Å². The number of anilines is 2. The fourth-order valence-corrected chi connectivity index (χ4v) is 4.04. The SMILES string of the molecule is COCCNC(=O)C(c1ccc(F)cc1)N(C(=O)CCC(=O)Nc1nccs1)c1ccccc1C. The molecule has 1 unspecified atom stereocenters. The first-order valence-corrected chi connectivity index (χ1v) is 11.9. The lowest BCUT2D eigenvalue weighted by molar-refractivity contribution is -0.127. The van der Waals surface area contributed by atoms with E-state index in [2.05, 4.69) is 15.6 Å². The number of nitrogens with zero attached hydrogens (tertiary/aromatic N) is 2. The number of nitrogens with one attached hydrogen (secondary N) is 2. The minimum Gasteiger partial charge on any atom is -0.383 e. The second-order valence-corrected chi connectivity index (χ2v) is 8.57. The minimum atomic E-state index is -1.08. The summed E-state index contributed by atoms with van der Waals surface area (Å²) in [4.78, 5) is 44.7. The van der Waals surface area contributed by atoms with Gasteiger partial charge in [-0.15, -0.1) is 11.3 Å². The number of thiazole rings is 1. The number of aromatic nitrogens is 1. The summed E-state index contributed by atoms with van der Waals surface area (Å²) in [5.74, 6) is -1.69. The molecular formula is C25H27FN4O4S. The predicted molar refractivity (Wildman–Crippen MR) is 133 cm³/mol. The molecule has 0 radical (unpaired) electrons. The van der Waals surface area contributed by atoms with Crippen molar-refractivity contribution in [3.63, 3.8) is 0 Å². The van der Waals surface area contributed by atoms with Crippen LogP contribution in [0.5, 0.6) is 0 Å². The monoisotopic (exact) mass is 498 g/mol. The zero-order valence-electron chi connectivity index (χ0n) is 19.5. The largest absolute Gasteiger partial charge is 0.383 e. The fraction of sp³-hybridized carbons (Fsp3) is 0.280. The lowest BCUT2D eigenvalue weighted by Crippen LogP contribution is -2.45. The highest BCUT2D eigenvalue weighted by Crippen LogP contribution is 2.31. The van der Waals surface area contributed by atoms with E-state index < -0.39 is 23.7 Å². The number of ether oxygens (including phenoxy) is 1. The van der Waals surface area contributed by atoms with Gasteiger partial charge in [0.05, 0.1) is 6.61 Å². The molecule has 0 bridgehead atoms. The highest BCUT2D eigenvalue weighted by Gasteiger charge is 2.33. The van der Waals surface area contributed by atoms with Gasteiger partial charge in [-0.05, 0) is 36.2 Å². The summed E-state index contributed by atoms with van der Waals surface area (Å²) >= 11 is 1.28. The maximum atomic E-state index is 13.7. The number of carbonyl (C=O) groups is 3. The molecule has 0 aliphatic carbocycles. The number of hydrogen-bond donors (Lipinski definition) is 2. The van der Waals surface area contributed by atoms with Crippen LogP contribution in [-0.2, 0) is 19.1 Å². The van der Waals surface area contributed by atoms with Crippen molar-refractivity contribution >= 4 is 39.9 Å². The van der Waals surface area contributed by atoms with Gasteiger partial charge >= 0.3 is 0 Å². The van der Waals surface area contributed by atoms with E-state index in [0.29, 0.717) is 16.4 Å². The van der Waals surface area contributed by atoms with Crippen molar-refractivity contribution in [1.82, 2.24) is 10.3 Å². The molecule has 0 saturated carbocycles. The first kappa shape index (κ1) is 26.0. The number of benzene rings is 2. The van der Waals surface area contributed by atoms with Crippen molar-refractivity contribution in [1.29, 1.82) is 0 Å². The van der Waals surface area contributed by atoms with Gasteiger partial charge in [-0.1, -0.05) is 30.3 Å². The Balaban J connectivity index is 1.92. The molecule has 1 atom stereocenters. The number of para-hydroxylation sites is 1. The molecule has 0 spiro atoms. The van der Waals surface area contributed by atoms with Gasteiger partial charge in [0.15, 0.2) is 5.13 Å². The summed E-state index contributed by atoms with van der Waals surface area (Å²) in [5, 5.41) is 7.61. The number of rotatable bonds is 11. The molecule has 3 rings (SSSR count). The van der Waals surface area contributed by atoms with E-state index >= 15 is 0 Å². The van der Waals surface area contributed by atoms with Gasteiger partial charge in [0.2, 0.25) is 17.7 Å². The average Bonchev–Trinajstić information content (AvgIpc) is 3.35. The normalized spacial score (nSPS) is 11.5. The first-order valence-electron chi connectivity index (χ1n) is 11.0. The van der Waals surface area contributed by atoms with Crippen LogP contribution in [-0.4, -0.2) is 43.0 Å². The third-order valence-electron chi connectivity index (χ3n) is 5.19. The third kappa shape index (κ3) is 7.17. The summed E-state index contributed by atoms with van der Waals surface area (Å²) in [6, 6.07) is 11.5. The van der Waals surface area contributed by atoms with Crippen molar-refractivity contribution in [3.05, 3.63) is 77.1 Å². The maximum Gasteiger partial charge on any atom is 0.247 e. The lowest BCUT2D eigenvalue weighted by atomic mass is 10.0. The Morgan fingerprint density at radius 3 is 2.51 bits per heavy atom. The fourth-order valence-electron chi connectivity index (χ4n) is 3.49. The molecule has 0 saturated heterocycles. The number of amides is 3. The molecular weight excluding hydrogens is 471 g/mol. The molecule has 10 heteroatoms. The Hall–Kier alpha value is -3.63. The van der Waals surface area contributed by atoms with Gasteiger partial charge in [-0.25, -0.2) is 9.37 Å². The minimum absolute atomic E-state index is 0.0950. The summed E-state index contributed by atoms with van der Waals surface area (Å²) < 4.78 is 18.7. The molecule has 0 fully saturated rings. The Kier molecular flexibility index (Phi) is 9.45. The Labute approximate surface area is 207 Å². The van der Waals surface area contributed by atoms with E-state index in [1.165, 1.54) is 47.6 Å². The van der Waals surface area contributed by atoms with Gasteiger partial charge in [0, 0.05) is 43.8 Å². The average molecular weight is 499 g/mol. The Morgan fingerprint density at radius 2 is 1.86 bits per heavy atom. The van der Waals surface area contributed by atoms with Crippen LogP contribution >= 0.6 is 11.3 Å². The Bertz CT molecular complexity index is 1140. The van der Waals surface area contributed by atoms with Gasteiger partial charge in [-0.2, -0.15) is 0 Å². The summed E-state index contributed by atoms with van der Waals surface area (Å²) in [7, 11) is 1.52. The number of methoxy groups -OCH3 is 1. The summed E-state index contributed by atoms with van der Waals surface area (Å²) in [6.07, 6.45) is 1.33.